The quantitative estimate of drug-likeness (QED) is 0.572. The van der Waals surface area contributed by atoms with E-state index < -0.39 is 0 Å². The molecule has 2 heterocycles. The Labute approximate surface area is 152 Å². The summed E-state index contributed by atoms with van der Waals surface area (Å²) in [5.74, 6) is 2.78. The van der Waals surface area contributed by atoms with Gasteiger partial charge in [0, 0.05) is 11.1 Å². The summed E-state index contributed by atoms with van der Waals surface area (Å²) in [5, 5.41) is 0.326. The van der Waals surface area contributed by atoms with E-state index in [1.807, 2.05) is 0 Å². The third-order valence-electron chi connectivity index (χ3n) is 3.60. The van der Waals surface area contributed by atoms with Crippen molar-refractivity contribution in [3.8, 4) is 23.0 Å². The molecule has 6 nitrogen and oxygen atoms in total. The first-order chi connectivity index (χ1) is 12.1. The highest BCUT2D eigenvalue weighted by atomic mass is 79.9. The Morgan fingerprint density at radius 1 is 0.840 bits per heavy atom. The van der Waals surface area contributed by atoms with Crippen molar-refractivity contribution in [2.45, 2.75) is 6.92 Å². The Balaban J connectivity index is 0.000000146. The van der Waals surface area contributed by atoms with Crippen LogP contribution in [0.5, 0.6) is 23.0 Å². The minimum atomic E-state index is 0.0355. The highest BCUT2D eigenvalue weighted by molar-refractivity contribution is 9.09. The molecular weight excluding hydrogens is 392 g/mol. The second kappa shape index (κ2) is 7.57. The molecule has 7 heteroatoms. The van der Waals surface area contributed by atoms with Crippen LogP contribution in [0, 0.1) is 0 Å². The van der Waals surface area contributed by atoms with Crippen LogP contribution in [0.25, 0.3) is 0 Å². The number of hydrogen-bond donors (Lipinski definition) is 0. The fourth-order valence-corrected chi connectivity index (χ4v) is 2.59. The lowest BCUT2D eigenvalue weighted by atomic mass is 10.1. The third kappa shape index (κ3) is 3.93. The number of alkyl halides is 1. The van der Waals surface area contributed by atoms with Crippen molar-refractivity contribution in [1.82, 2.24) is 0 Å². The summed E-state index contributed by atoms with van der Waals surface area (Å²) in [6, 6.07) is 10.4. The maximum atomic E-state index is 11.3. The van der Waals surface area contributed by atoms with E-state index in [1.54, 1.807) is 36.4 Å². The Bertz CT molecular complexity index is 817. The minimum absolute atomic E-state index is 0.0355. The molecule has 0 fully saturated rings. The van der Waals surface area contributed by atoms with Crippen LogP contribution in [0.3, 0.4) is 0 Å². The average molecular weight is 407 g/mol. The Kier molecular flexibility index (Phi) is 5.23. The van der Waals surface area contributed by atoms with E-state index in [1.165, 1.54) is 6.92 Å². The van der Waals surface area contributed by atoms with Gasteiger partial charge in [-0.1, -0.05) is 15.9 Å². The molecule has 2 aliphatic rings. The molecule has 0 saturated heterocycles. The molecule has 0 radical (unpaired) electrons. The maximum Gasteiger partial charge on any atom is 0.231 e. The maximum absolute atomic E-state index is 11.3. The summed E-state index contributed by atoms with van der Waals surface area (Å²) in [6.07, 6.45) is 0. The molecule has 0 bridgehead atoms. The van der Waals surface area contributed by atoms with Gasteiger partial charge in [0.15, 0.2) is 34.6 Å². The number of fused-ring (bicyclic) bond motifs is 2. The summed E-state index contributed by atoms with van der Waals surface area (Å²) in [7, 11) is 0. The van der Waals surface area contributed by atoms with Gasteiger partial charge in [-0.15, -0.1) is 0 Å². The van der Waals surface area contributed by atoms with Crippen LogP contribution in [0.4, 0.5) is 0 Å². The van der Waals surface area contributed by atoms with Crippen LogP contribution in [-0.4, -0.2) is 30.5 Å². The van der Waals surface area contributed by atoms with E-state index in [9.17, 15) is 9.59 Å². The fraction of sp³-hybridized carbons (Fsp3) is 0.222. The summed E-state index contributed by atoms with van der Waals surface area (Å²) < 4.78 is 20.5. The van der Waals surface area contributed by atoms with Gasteiger partial charge < -0.3 is 18.9 Å². The van der Waals surface area contributed by atoms with Crippen molar-refractivity contribution >= 4 is 27.5 Å². The summed E-state index contributed by atoms with van der Waals surface area (Å²) in [6.45, 7) is 2.01. The van der Waals surface area contributed by atoms with E-state index in [4.69, 9.17) is 18.9 Å². The lowest BCUT2D eigenvalue weighted by Crippen LogP contribution is -1.99. The SMILES string of the molecule is CC(=O)c1ccc2c(c1)OCO2.O=C(CBr)c1ccc2c(c1)OCO2. The minimum Gasteiger partial charge on any atom is -0.454 e. The van der Waals surface area contributed by atoms with Gasteiger partial charge in [-0.3, -0.25) is 9.59 Å². The van der Waals surface area contributed by atoms with E-state index in [0.717, 1.165) is 0 Å². The first-order valence-electron chi connectivity index (χ1n) is 7.48. The molecule has 2 aromatic rings. The molecule has 2 aliphatic heterocycles. The molecule has 0 atom stereocenters. The molecule has 130 valence electrons. The standard InChI is InChI=1S/C9H7BrO3.C9H8O3/c10-4-7(11)6-1-2-8-9(3-6)13-5-12-8;1-6(10)7-2-3-8-9(4-7)12-5-11-8/h1-3H,4-5H2;2-4H,5H2,1H3. The molecule has 0 unspecified atom stereocenters. The number of carbonyl (C=O) groups is 2. The predicted molar refractivity (Wildman–Crippen MR) is 93.3 cm³/mol. The Morgan fingerprint density at radius 3 is 1.84 bits per heavy atom. The smallest absolute Gasteiger partial charge is 0.231 e. The Morgan fingerprint density at radius 2 is 1.32 bits per heavy atom. The van der Waals surface area contributed by atoms with Crippen LogP contribution in [0.15, 0.2) is 36.4 Å². The second-order valence-corrected chi connectivity index (χ2v) is 5.81. The fourth-order valence-electron chi connectivity index (χ4n) is 2.26. The van der Waals surface area contributed by atoms with E-state index >= 15 is 0 Å². The van der Waals surface area contributed by atoms with Crippen molar-refractivity contribution in [2.75, 3.05) is 18.9 Å². The molecular formula is C18H15BrO6. The van der Waals surface area contributed by atoms with Crippen molar-refractivity contribution in [1.29, 1.82) is 0 Å². The van der Waals surface area contributed by atoms with Gasteiger partial charge in [0.25, 0.3) is 0 Å². The number of Topliss-reactive ketones (excluding diaryl/α,β-unsaturated/α-hetero) is 2. The molecule has 0 spiro atoms. The van der Waals surface area contributed by atoms with Crippen LogP contribution in [0.1, 0.15) is 27.6 Å². The van der Waals surface area contributed by atoms with Crippen LogP contribution < -0.4 is 18.9 Å². The van der Waals surface area contributed by atoms with Crippen molar-refractivity contribution in [2.24, 2.45) is 0 Å². The first kappa shape index (κ1) is 17.3. The molecule has 0 aromatic heterocycles. The lowest BCUT2D eigenvalue weighted by molar-refractivity contribution is 0.101. The summed E-state index contributed by atoms with van der Waals surface area (Å²) in [4.78, 5) is 22.2. The van der Waals surface area contributed by atoms with Crippen molar-refractivity contribution in [3.63, 3.8) is 0 Å². The zero-order valence-corrected chi connectivity index (χ0v) is 15.0. The zero-order chi connectivity index (χ0) is 17.8. The molecule has 0 amide bonds. The van der Waals surface area contributed by atoms with E-state index in [0.29, 0.717) is 39.5 Å². The van der Waals surface area contributed by atoms with Gasteiger partial charge in [0.05, 0.1) is 5.33 Å². The van der Waals surface area contributed by atoms with Crippen LogP contribution >= 0.6 is 15.9 Å². The van der Waals surface area contributed by atoms with Crippen LogP contribution in [-0.2, 0) is 0 Å². The van der Waals surface area contributed by atoms with Gasteiger partial charge in [-0.2, -0.15) is 0 Å². The highest BCUT2D eigenvalue weighted by Crippen LogP contribution is 2.33. The average Bonchev–Trinajstić information content (AvgIpc) is 3.28. The van der Waals surface area contributed by atoms with Crippen molar-refractivity contribution < 1.29 is 28.5 Å². The summed E-state index contributed by atoms with van der Waals surface area (Å²) in [5.41, 5.74) is 1.29. The molecule has 2 aromatic carbocycles. The highest BCUT2D eigenvalue weighted by Gasteiger charge is 2.15. The monoisotopic (exact) mass is 406 g/mol. The number of ether oxygens (including phenoxy) is 4. The predicted octanol–water partition coefficient (Wildman–Crippen LogP) is 3.61. The molecule has 25 heavy (non-hydrogen) atoms. The Hall–Kier alpha value is -2.54. The van der Waals surface area contributed by atoms with E-state index in [2.05, 4.69) is 15.9 Å². The van der Waals surface area contributed by atoms with Gasteiger partial charge in [0.2, 0.25) is 13.6 Å². The van der Waals surface area contributed by atoms with E-state index in [-0.39, 0.29) is 25.2 Å². The normalized spacial score (nSPS) is 13.0. The van der Waals surface area contributed by atoms with Crippen LogP contribution in [0.2, 0.25) is 0 Å². The number of ketones is 2. The molecule has 0 N–H and O–H groups in total. The number of carbonyl (C=O) groups excluding carboxylic acids is 2. The zero-order valence-electron chi connectivity index (χ0n) is 13.4. The largest absolute Gasteiger partial charge is 0.454 e. The van der Waals surface area contributed by atoms with Gasteiger partial charge in [-0.25, -0.2) is 0 Å². The number of hydrogen-bond acceptors (Lipinski definition) is 6. The second-order valence-electron chi connectivity index (χ2n) is 5.25. The lowest BCUT2D eigenvalue weighted by Gasteiger charge is -1.98. The number of halogens is 1. The topological polar surface area (TPSA) is 71.1 Å². The molecule has 4 rings (SSSR count). The third-order valence-corrected chi connectivity index (χ3v) is 4.10. The van der Waals surface area contributed by atoms with Gasteiger partial charge in [-0.05, 0) is 43.3 Å². The first-order valence-corrected chi connectivity index (χ1v) is 8.60. The number of benzene rings is 2. The van der Waals surface area contributed by atoms with Gasteiger partial charge >= 0.3 is 0 Å². The van der Waals surface area contributed by atoms with Crippen molar-refractivity contribution in [3.05, 3.63) is 47.5 Å². The number of rotatable bonds is 3. The van der Waals surface area contributed by atoms with Gasteiger partial charge in [0.1, 0.15) is 0 Å². The molecule has 0 aliphatic carbocycles. The molecule has 0 saturated carbocycles. The summed E-state index contributed by atoms with van der Waals surface area (Å²) >= 11 is 3.11.